The van der Waals surface area contributed by atoms with Gasteiger partial charge in [0, 0.05) is 59.5 Å². The first-order valence-electron chi connectivity index (χ1n) is 18.1. The van der Waals surface area contributed by atoms with Gasteiger partial charge in [0.1, 0.15) is 0 Å². The fraction of sp³-hybridized carbons (Fsp3) is 0.102. The van der Waals surface area contributed by atoms with Crippen molar-refractivity contribution in [2.45, 2.75) is 32.2 Å². The highest BCUT2D eigenvalue weighted by Gasteiger charge is 2.43. The Morgan fingerprint density at radius 3 is 2.08 bits per heavy atom. The van der Waals surface area contributed by atoms with E-state index < -0.39 is 0 Å². The van der Waals surface area contributed by atoms with Crippen molar-refractivity contribution in [3.8, 4) is 27.9 Å². The molecule has 2 aromatic heterocycles. The summed E-state index contributed by atoms with van der Waals surface area (Å²) in [5, 5.41) is 5.19. The number of hydrogen-bond donors (Lipinski definition) is 0. The fourth-order valence-electron chi connectivity index (χ4n) is 8.51. The maximum Gasteiger partial charge on any atom is 0.0545 e. The lowest BCUT2D eigenvalue weighted by Crippen LogP contribution is -2.36. The van der Waals surface area contributed by atoms with Gasteiger partial charge in [0.15, 0.2) is 0 Å². The summed E-state index contributed by atoms with van der Waals surface area (Å²) in [5.41, 5.74) is 13.6. The van der Waals surface area contributed by atoms with Gasteiger partial charge in [-0.15, -0.1) is 11.3 Å². The average Bonchev–Trinajstić information content (AvgIpc) is 3.79. The highest BCUT2D eigenvalue weighted by atomic mass is 32.1. The minimum absolute atomic E-state index is 0.0412. The molecule has 3 heterocycles. The van der Waals surface area contributed by atoms with E-state index in [0.717, 1.165) is 11.3 Å². The monoisotopic (exact) mass is 686 g/mol. The molecule has 0 bridgehead atoms. The molecule has 2 nitrogen and oxygen atoms in total. The van der Waals surface area contributed by atoms with Crippen molar-refractivity contribution in [3.05, 3.63) is 169 Å². The van der Waals surface area contributed by atoms with E-state index in [1.165, 1.54) is 81.2 Å². The summed E-state index contributed by atoms with van der Waals surface area (Å²) in [6.07, 6.45) is 1.91. The number of nitrogens with zero attached hydrogens (tertiary/aromatic N) is 2. The molecule has 1 aliphatic heterocycles. The second-order valence-corrected chi connectivity index (χ2v) is 15.8. The molecule has 1 unspecified atom stereocenters. The Hall–Kier alpha value is -5.90. The summed E-state index contributed by atoms with van der Waals surface area (Å²) in [5.74, 6) is 0. The molecule has 10 rings (SSSR count). The van der Waals surface area contributed by atoms with Crippen LogP contribution in [0.15, 0.2) is 158 Å². The van der Waals surface area contributed by atoms with Crippen LogP contribution in [0.1, 0.15) is 31.9 Å². The molecule has 0 N–H and O–H groups in total. The number of rotatable bonds is 5. The van der Waals surface area contributed by atoms with Crippen LogP contribution in [0.4, 0.5) is 11.4 Å². The zero-order valence-electron chi connectivity index (χ0n) is 29.6. The van der Waals surface area contributed by atoms with Crippen LogP contribution < -0.4 is 4.90 Å². The number of para-hydroxylation sites is 1. The highest BCUT2D eigenvalue weighted by molar-refractivity contribution is 7.26. The summed E-state index contributed by atoms with van der Waals surface area (Å²) in [6.45, 7) is 11.1. The van der Waals surface area contributed by atoms with E-state index in [4.69, 9.17) is 0 Å². The molecule has 1 aliphatic rings. The molecule has 3 heteroatoms. The quantitative estimate of drug-likeness (QED) is 0.175. The highest BCUT2D eigenvalue weighted by Crippen LogP contribution is 2.51. The molecule has 0 radical (unpaired) electrons. The third-order valence-corrected chi connectivity index (χ3v) is 12.8. The molecular formula is C49H38N2S. The van der Waals surface area contributed by atoms with Crippen LogP contribution in [-0.4, -0.2) is 10.6 Å². The standard InChI is InChI=1S/C49H38N2S/c1-5-32-18-25-37(26-19-32)51-44-27-24-35(33-20-22-34(23-21-33)38-15-11-16-40-39-14-9-10-17-47(39)52-48(38)40)28-41(44)42-29-46-43(30-45(42)51)49(3,4)31(2)50(46)36-12-7-6-8-13-36/h5-31H,1H2,2-4H3. The minimum atomic E-state index is -0.0412. The summed E-state index contributed by atoms with van der Waals surface area (Å²) in [7, 11) is 0. The van der Waals surface area contributed by atoms with Crippen molar-refractivity contribution in [1.29, 1.82) is 0 Å². The van der Waals surface area contributed by atoms with Gasteiger partial charge in [0.25, 0.3) is 0 Å². The van der Waals surface area contributed by atoms with Gasteiger partial charge in [-0.1, -0.05) is 124 Å². The van der Waals surface area contributed by atoms with Crippen LogP contribution in [0, 0.1) is 0 Å². The van der Waals surface area contributed by atoms with Gasteiger partial charge in [-0.2, -0.15) is 0 Å². The van der Waals surface area contributed by atoms with Gasteiger partial charge in [-0.05, 0) is 94.9 Å². The molecule has 0 fully saturated rings. The van der Waals surface area contributed by atoms with Crippen molar-refractivity contribution in [2.24, 2.45) is 0 Å². The molecule has 0 saturated carbocycles. The Kier molecular flexibility index (Phi) is 6.87. The predicted molar refractivity (Wildman–Crippen MR) is 226 cm³/mol. The molecule has 52 heavy (non-hydrogen) atoms. The molecule has 0 amide bonds. The van der Waals surface area contributed by atoms with E-state index in [1.54, 1.807) is 0 Å². The number of benzene rings is 7. The Bertz CT molecular complexity index is 2840. The van der Waals surface area contributed by atoms with E-state index in [0.29, 0.717) is 6.04 Å². The lowest BCUT2D eigenvalue weighted by Gasteiger charge is -2.31. The van der Waals surface area contributed by atoms with E-state index in [2.05, 4.69) is 188 Å². The third kappa shape index (κ3) is 4.56. The van der Waals surface area contributed by atoms with Gasteiger partial charge in [-0.25, -0.2) is 0 Å². The largest absolute Gasteiger partial charge is 0.338 e. The predicted octanol–water partition coefficient (Wildman–Crippen LogP) is 13.9. The number of fused-ring (bicyclic) bond motifs is 7. The maximum absolute atomic E-state index is 3.99. The van der Waals surface area contributed by atoms with Gasteiger partial charge in [-0.3, -0.25) is 0 Å². The van der Waals surface area contributed by atoms with E-state index >= 15 is 0 Å². The number of hydrogen-bond acceptors (Lipinski definition) is 2. The lowest BCUT2D eigenvalue weighted by molar-refractivity contribution is 0.462. The summed E-state index contributed by atoms with van der Waals surface area (Å²) < 4.78 is 5.13. The van der Waals surface area contributed by atoms with Gasteiger partial charge in [0.2, 0.25) is 0 Å². The number of aromatic nitrogens is 1. The Balaban J connectivity index is 1.15. The molecular weight excluding hydrogens is 649 g/mol. The van der Waals surface area contributed by atoms with Crippen molar-refractivity contribution in [2.75, 3.05) is 4.90 Å². The number of thiophene rings is 1. The number of anilines is 2. The van der Waals surface area contributed by atoms with E-state index in [-0.39, 0.29) is 5.41 Å². The van der Waals surface area contributed by atoms with Gasteiger partial charge >= 0.3 is 0 Å². The summed E-state index contributed by atoms with van der Waals surface area (Å²) >= 11 is 1.88. The lowest BCUT2D eigenvalue weighted by atomic mass is 9.81. The van der Waals surface area contributed by atoms with Gasteiger partial charge in [0.05, 0.1) is 11.0 Å². The van der Waals surface area contributed by atoms with Crippen LogP contribution in [-0.2, 0) is 5.41 Å². The van der Waals surface area contributed by atoms with Gasteiger partial charge < -0.3 is 9.47 Å². The van der Waals surface area contributed by atoms with Crippen molar-refractivity contribution in [3.63, 3.8) is 0 Å². The molecule has 7 aromatic carbocycles. The van der Waals surface area contributed by atoms with E-state index in [9.17, 15) is 0 Å². The van der Waals surface area contributed by atoms with Crippen molar-refractivity contribution in [1.82, 2.24) is 4.57 Å². The van der Waals surface area contributed by atoms with Crippen molar-refractivity contribution < 1.29 is 0 Å². The summed E-state index contributed by atoms with van der Waals surface area (Å²) in [4.78, 5) is 2.54. The molecule has 0 spiro atoms. The molecule has 0 saturated heterocycles. The molecule has 1 atom stereocenters. The normalized spacial score (nSPS) is 15.2. The molecule has 250 valence electrons. The summed E-state index contributed by atoms with van der Waals surface area (Å²) in [6, 6.07) is 56.4. The van der Waals surface area contributed by atoms with Crippen LogP contribution in [0.25, 0.3) is 76.0 Å². The molecule has 9 aromatic rings. The Morgan fingerprint density at radius 2 is 1.29 bits per heavy atom. The van der Waals surface area contributed by atoms with Crippen LogP contribution >= 0.6 is 11.3 Å². The van der Waals surface area contributed by atoms with Crippen LogP contribution in [0.5, 0.6) is 0 Å². The van der Waals surface area contributed by atoms with Crippen LogP contribution in [0.2, 0.25) is 0 Å². The Labute approximate surface area is 308 Å². The topological polar surface area (TPSA) is 8.17 Å². The van der Waals surface area contributed by atoms with Crippen LogP contribution in [0.3, 0.4) is 0 Å². The van der Waals surface area contributed by atoms with E-state index in [1.807, 2.05) is 17.4 Å². The molecule has 0 aliphatic carbocycles. The minimum Gasteiger partial charge on any atom is -0.338 e. The second-order valence-electron chi connectivity index (χ2n) is 14.7. The fourth-order valence-corrected chi connectivity index (χ4v) is 9.75. The average molecular weight is 687 g/mol. The Morgan fingerprint density at radius 1 is 0.596 bits per heavy atom. The van der Waals surface area contributed by atoms with Crippen molar-refractivity contribution >= 4 is 70.8 Å². The third-order valence-electron chi connectivity index (χ3n) is 11.6. The SMILES string of the molecule is C=Cc1ccc(-n2c3ccc(-c4ccc(-c5cccc6c5sc5ccccc56)cc4)cc3c3cc4c(cc32)C(C)(C)C(C)N4c2ccccc2)cc1. The first-order valence-corrected chi connectivity index (χ1v) is 18.9. The zero-order valence-corrected chi connectivity index (χ0v) is 30.4. The maximum atomic E-state index is 3.99. The second kappa shape index (κ2) is 11.6. The zero-order chi connectivity index (χ0) is 35.1. The smallest absolute Gasteiger partial charge is 0.0545 e. The first-order chi connectivity index (χ1) is 25.4. The first kappa shape index (κ1) is 30.9.